The highest BCUT2D eigenvalue weighted by Gasteiger charge is 2.22. The van der Waals surface area contributed by atoms with Gasteiger partial charge in [-0.3, -0.25) is 20.4 Å². The van der Waals surface area contributed by atoms with Crippen molar-refractivity contribution in [3.05, 3.63) is 77.7 Å². The van der Waals surface area contributed by atoms with Gasteiger partial charge in [0.1, 0.15) is 17.5 Å². The van der Waals surface area contributed by atoms with Crippen molar-refractivity contribution >= 4 is 35.3 Å². The molecule has 0 radical (unpaired) electrons. The first-order chi connectivity index (χ1) is 15.5. The summed E-state index contributed by atoms with van der Waals surface area (Å²) in [4.78, 5) is 33.5. The Hall–Kier alpha value is -4.11. The van der Waals surface area contributed by atoms with Gasteiger partial charge in [0.25, 0.3) is 0 Å². The Morgan fingerprint density at radius 3 is 2.62 bits per heavy atom. The minimum Gasteiger partial charge on any atom is -0.354 e. The topological polar surface area (TPSA) is 136 Å². The van der Waals surface area contributed by atoms with Gasteiger partial charge in [-0.2, -0.15) is 0 Å². The number of benzene rings is 1. The normalized spacial score (nSPS) is 11.3. The van der Waals surface area contributed by atoms with E-state index >= 15 is 0 Å². The Morgan fingerprint density at radius 2 is 1.94 bits per heavy atom. The summed E-state index contributed by atoms with van der Waals surface area (Å²) in [5.74, 6) is -0.0358. The number of carbonyl (C=O) groups is 2. The summed E-state index contributed by atoms with van der Waals surface area (Å²) in [5, 5.41) is 17.7. The number of quaternary nitrogens is 1. The van der Waals surface area contributed by atoms with Crippen molar-refractivity contribution in [2.45, 2.75) is 19.9 Å². The van der Waals surface area contributed by atoms with E-state index in [4.69, 9.17) is 5.41 Å². The third-order valence-corrected chi connectivity index (χ3v) is 4.63. The van der Waals surface area contributed by atoms with Crippen molar-refractivity contribution < 1.29 is 14.9 Å². The zero-order valence-electron chi connectivity index (χ0n) is 17.9. The molecule has 0 aliphatic rings. The summed E-state index contributed by atoms with van der Waals surface area (Å²) in [6.07, 6.45) is 4.51. The van der Waals surface area contributed by atoms with E-state index in [0.29, 0.717) is 17.7 Å². The summed E-state index contributed by atoms with van der Waals surface area (Å²) >= 11 is 0. The highest BCUT2D eigenvalue weighted by molar-refractivity contribution is 5.94. The molecule has 2 heterocycles. The molecule has 0 saturated carbocycles. The van der Waals surface area contributed by atoms with E-state index in [1.165, 1.54) is 6.21 Å². The van der Waals surface area contributed by atoms with Gasteiger partial charge in [-0.25, -0.2) is 9.78 Å². The fourth-order valence-electron chi connectivity index (χ4n) is 3.14. The van der Waals surface area contributed by atoms with Gasteiger partial charge >= 0.3 is 6.03 Å². The zero-order chi connectivity index (χ0) is 22.9. The molecule has 32 heavy (non-hydrogen) atoms. The lowest BCUT2D eigenvalue weighted by atomic mass is 10.1. The van der Waals surface area contributed by atoms with Crippen LogP contribution in [-0.2, 0) is 4.79 Å². The fourth-order valence-corrected chi connectivity index (χ4v) is 3.14. The Balaban J connectivity index is 1.73. The molecule has 164 valence electrons. The maximum atomic E-state index is 12.6. The summed E-state index contributed by atoms with van der Waals surface area (Å²) < 4.78 is 0. The maximum Gasteiger partial charge on any atom is 0.321 e. The van der Waals surface area contributed by atoms with Crippen molar-refractivity contribution in [1.29, 1.82) is 5.41 Å². The average Bonchev–Trinajstić information content (AvgIpc) is 2.79. The Kier molecular flexibility index (Phi) is 7.60. The van der Waals surface area contributed by atoms with Crippen LogP contribution in [0.5, 0.6) is 0 Å². The van der Waals surface area contributed by atoms with Gasteiger partial charge in [0.2, 0.25) is 5.91 Å². The predicted molar refractivity (Wildman–Crippen MR) is 122 cm³/mol. The summed E-state index contributed by atoms with van der Waals surface area (Å²) in [6, 6.07) is 13.0. The van der Waals surface area contributed by atoms with Crippen LogP contribution in [-0.4, -0.2) is 34.7 Å². The van der Waals surface area contributed by atoms with E-state index in [9.17, 15) is 9.59 Å². The Labute approximate surface area is 186 Å². The van der Waals surface area contributed by atoms with Crippen molar-refractivity contribution in [3.8, 4) is 0 Å². The number of rotatable bonds is 8. The minimum absolute atomic E-state index is 0.270. The molecule has 1 atom stereocenters. The standard InChI is InChI=1S/C23H25N7O2/c1-3-25-22(31)21(16-7-5-4-6-8-16)30-23(32)29-20-12-17(13-24)19(14-27-20)28-18-9-10-26-15(2)11-18/h4-14,21,24H,3H2,1-2H3,(H,25,31)(H,26,28)(H2,27,29,30,32)/p+1/t21-/m0/s1. The predicted octanol–water partition coefficient (Wildman–Crippen LogP) is 2.31. The van der Waals surface area contributed by atoms with Gasteiger partial charge in [0.05, 0.1) is 11.8 Å². The molecule has 0 saturated heterocycles. The van der Waals surface area contributed by atoms with Gasteiger partial charge in [-0.05, 0) is 25.5 Å². The zero-order valence-corrected chi connectivity index (χ0v) is 17.9. The van der Waals surface area contributed by atoms with Crippen molar-refractivity contribution in [2.75, 3.05) is 11.9 Å². The number of hydrogen-bond acceptors (Lipinski definition) is 5. The van der Waals surface area contributed by atoms with Gasteiger partial charge in [-0.1, -0.05) is 30.3 Å². The smallest absolute Gasteiger partial charge is 0.321 e. The number of amides is 3. The highest BCUT2D eigenvalue weighted by Crippen LogP contribution is 2.16. The molecule has 6 N–H and O–H groups in total. The van der Waals surface area contributed by atoms with E-state index in [2.05, 4.69) is 25.9 Å². The third kappa shape index (κ3) is 5.96. The van der Waals surface area contributed by atoms with Crippen LogP contribution >= 0.6 is 0 Å². The summed E-state index contributed by atoms with van der Waals surface area (Å²) in [6.45, 7) is 4.17. The lowest BCUT2D eigenvalue weighted by Gasteiger charge is -2.18. The molecule has 2 aromatic heterocycles. The number of nitrogens with two attached hydrogens (primary N) is 1. The first kappa shape index (κ1) is 22.6. The molecule has 0 bridgehead atoms. The molecule has 9 heteroatoms. The first-order valence-electron chi connectivity index (χ1n) is 10.2. The number of likely N-dealkylation sites (N-methyl/N-ethyl adjacent to an activating group) is 1. The average molecular weight is 433 g/mol. The van der Waals surface area contributed by atoms with Gasteiger partial charge in [0, 0.05) is 36.8 Å². The lowest BCUT2D eigenvalue weighted by Crippen LogP contribution is -2.71. The van der Waals surface area contributed by atoms with Crippen LogP contribution in [0.4, 0.5) is 22.0 Å². The van der Waals surface area contributed by atoms with Gasteiger partial charge in [0.15, 0.2) is 5.69 Å². The second-order valence-electron chi connectivity index (χ2n) is 7.05. The second kappa shape index (κ2) is 10.8. The number of aryl methyl sites for hydroxylation is 1. The molecule has 0 aliphatic carbocycles. The molecule has 0 aliphatic heterocycles. The molecule has 3 rings (SSSR count). The molecule has 0 spiro atoms. The molecular weight excluding hydrogens is 406 g/mol. The number of aromatic nitrogens is 2. The van der Waals surface area contributed by atoms with Crippen LogP contribution in [0.3, 0.4) is 0 Å². The van der Waals surface area contributed by atoms with Crippen LogP contribution in [0.25, 0.3) is 0 Å². The molecule has 3 amide bonds. The molecule has 0 fully saturated rings. The number of pyridine rings is 2. The molecule has 0 unspecified atom stereocenters. The largest absolute Gasteiger partial charge is 0.354 e. The van der Waals surface area contributed by atoms with E-state index in [1.807, 2.05) is 37.4 Å². The van der Waals surface area contributed by atoms with E-state index < -0.39 is 12.1 Å². The summed E-state index contributed by atoms with van der Waals surface area (Å²) in [5.41, 5.74) is 3.82. The highest BCUT2D eigenvalue weighted by atomic mass is 16.2. The van der Waals surface area contributed by atoms with Crippen LogP contribution < -0.4 is 21.3 Å². The monoisotopic (exact) mass is 432 g/mol. The number of anilines is 1. The molecule has 9 nitrogen and oxygen atoms in total. The number of carbonyl (C=O) groups excluding carboxylic acids is 2. The number of urea groups is 1. The summed E-state index contributed by atoms with van der Waals surface area (Å²) in [7, 11) is 0. The van der Waals surface area contributed by atoms with E-state index in [1.54, 1.807) is 42.7 Å². The number of nitrogens with one attached hydrogen (secondary N) is 4. The van der Waals surface area contributed by atoms with Crippen molar-refractivity contribution in [3.63, 3.8) is 0 Å². The van der Waals surface area contributed by atoms with Crippen LogP contribution in [0.2, 0.25) is 0 Å². The quantitative estimate of drug-likeness (QED) is 0.349. The Bertz CT molecular complexity index is 1100. The lowest BCUT2D eigenvalue weighted by molar-refractivity contribution is -0.479. The van der Waals surface area contributed by atoms with Crippen LogP contribution in [0.15, 0.2) is 60.9 Å². The molecule has 1 aromatic carbocycles. The first-order valence-corrected chi connectivity index (χ1v) is 10.2. The fraction of sp³-hybridized carbons (Fsp3) is 0.174. The minimum atomic E-state index is -0.846. The third-order valence-electron chi connectivity index (χ3n) is 4.63. The Morgan fingerprint density at radius 1 is 1.16 bits per heavy atom. The van der Waals surface area contributed by atoms with Crippen molar-refractivity contribution in [2.24, 2.45) is 0 Å². The van der Waals surface area contributed by atoms with E-state index in [0.717, 1.165) is 17.1 Å². The van der Waals surface area contributed by atoms with Crippen LogP contribution in [0.1, 0.15) is 29.8 Å². The second-order valence-corrected chi connectivity index (χ2v) is 7.05. The van der Waals surface area contributed by atoms with Crippen LogP contribution in [0, 0.1) is 12.3 Å². The molecular formula is C23H26N7O2+. The van der Waals surface area contributed by atoms with Gasteiger partial charge in [-0.15, -0.1) is 0 Å². The SMILES string of the molecule is CCNC(=O)[C@@H](NC(=O)Nc1cc(C=N)c([NH2+]c2ccnc(C)c2)cn1)c1ccccc1. The molecule has 3 aromatic rings. The number of hydrogen-bond donors (Lipinski definition) is 5. The maximum absolute atomic E-state index is 12.6. The van der Waals surface area contributed by atoms with Crippen molar-refractivity contribution in [1.82, 2.24) is 20.6 Å². The number of nitrogens with zero attached hydrogens (tertiary/aromatic N) is 2. The van der Waals surface area contributed by atoms with Gasteiger partial charge < -0.3 is 16.0 Å². The van der Waals surface area contributed by atoms with E-state index in [-0.39, 0.29) is 11.7 Å².